The first-order chi connectivity index (χ1) is 16.0. The van der Waals surface area contributed by atoms with Gasteiger partial charge in [-0.05, 0) is 42.5 Å². The van der Waals surface area contributed by atoms with E-state index in [-0.39, 0.29) is 5.56 Å². The quantitative estimate of drug-likeness (QED) is 0.581. The number of rotatable bonds is 6. The van der Waals surface area contributed by atoms with Gasteiger partial charge < -0.3 is 19.7 Å². The van der Waals surface area contributed by atoms with Crippen LogP contribution < -0.4 is 15.0 Å². The minimum Gasteiger partial charge on any atom is -0.497 e. The van der Waals surface area contributed by atoms with Gasteiger partial charge in [0.25, 0.3) is 0 Å². The summed E-state index contributed by atoms with van der Waals surface area (Å²) in [6.07, 6.45) is 2.98. The molecule has 1 saturated heterocycles. The minimum absolute atomic E-state index is 0.251. The van der Waals surface area contributed by atoms with Crippen molar-refractivity contribution in [3.8, 4) is 11.8 Å². The van der Waals surface area contributed by atoms with Gasteiger partial charge in [-0.15, -0.1) is 0 Å². The molecule has 8 nitrogen and oxygen atoms in total. The molecular weight excluding hydrogens is 438 g/mol. The normalized spacial score (nSPS) is 15.2. The minimum atomic E-state index is -2.81. The van der Waals surface area contributed by atoms with Crippen LogP contribution in [0.4, 0.5) is 22.9 Å². The first kappa shape index (κ1) is 22.6. The third kappa shape index (κ3) is 5.42. The fourth-order valence-electron chi connectivity index (χ4n) is 3.48. The van der Waals surface area contributed by atoms with E-state index in [4.69, 9.17) is 9.47 Å². The molecule has 0 saturated carbocycles. The van der Waals surface area contributed by atoms with Crippen LogP contribution in [0.5, 0.6) is 5.75 Å². The summed E-state index contributed by atoms with van der Waals surface area (Å²) in [6.45, 7) is 3.21. The van der Waals surface area contributed by atoms with Crippen LogP contribution in [0, 0.1) is 11.3 Å². The van der Waals surface area contributed by atoms with Gasteiger partial charge in [0, 0.05) is 43.0 Å². The molecule has 1 unspecified atom stereocenters. The van der Waals surface area contributed by atoms with Crippen LogP contribution >= 0.6 is 0 Å². The number of nitriles is 1. The Labute approximate surface area is 194 Å². The fraction of sp³-hybridized carbons (Fsp3) is 0.250. The molecule has 0 spiro atoms. The average molecular weight is 464 g/mol. The fourth-order valence-corrected chi connectivity index (χ4v) is 4.77. The van der Waals surface area contributed by atoms with E-state index >= 15 is 0 Å². The van der Waals surface area contributed by atoms with E-state index in [1.54, 1.807) is 43.7 Å². The first-order valence-corrected chi connectivity index (χ1v) is 12.4. The lowest BCUT2D eigenvalue weighted by atomic mass is 10.2. The van der Waals surface area contributed by atoms with E-state index in [0.717, 1.165) is 37.7 Å². The lowest BCUT2D eigenvalue weighted by Gasteiger charge is -2.28. The monoisotopic (exact) mass is 463 g/mol. The molecule has 1 atom stereocenters. The summed E-state index contributed by atoms with van der Waals surface area (Å²) < 4.78 is 28.4. The van der Waals surface area contributed by atoms with E-state index in [1.165, 1.54) is 6.20 Å². The molecule has 0 radical (unpaired) electrons. The van der Waals surface area contributed by atoms with Gasteiger partial charge >= 0.3 is 0 Å². The van der Waals surface area contributed by atoms with Crippen molar-refractivity contribution >= 4 is 32.6 Å². The number of aromatic nitrogens is 1. The Morgan fingerprint density at radius 1 is 1.18 bits per heavy atom. The van der Waals surface area contributed by atoms with Gasteiger partial charge in [-0.2, -0.15) is 9.62 Å². The van der Waals surface area contributed by atoms with Crippen molar-refractivity contribution in [3.63, 3.8) is 0 Å². The highest BCUT2D eigenvalue weighted by Crippen LogP contribution is 2.28. The van der Waals surface area contributed by atoms with Gasteiger partial charge in [0.1, 0.15) is 17.6 Å². The largest absolute Gasteiger partial charge is 0.497 e. The van der Waals surface area contributed by atoms with Gasteiger partial charge in [0.05, 0.1) is 46.2 Å². The summed E-state index contributed by atoms with van der Waals surface area (Å²) in [6, 6.07) is 18.7. The van der Waals surface area contributed by atoms with Gasteiger partial charge in [-0.1, -0.05) is 6.07 Å². The molecule has 0 amide bonds. The maximum Gasteiger partial charge on any atom is 0.132 e. The summed E-state index contributed by atoms with van der Waals surface area (Å²) in [7, 11) is -1.26. The molecule has 2 heterocycles. The first-order valence-electron chi connectivity index (χ1n) is 10.4. The third-order valence-corrected chi connectivity index (χ3v) is 6.94. The van der Waals surface area contributed by atoms with Crippen molar-refractivity contribution in [3.05, 3.63) is 66.4 Å². The molecule has 1 N–H and O–H groups in total. The Kier molecular flexibility index (Phi) is 6.77. The smallest absolute Gasteiger partial charge is 0.132 e. The van der Waals surface area contributed by atoms with Crippen molar-refractivity contribution in [2.45, 2.75) is 4.90 Å². The van der Waals surface area contributed by atoms with Crippen LogP contribution in [0.25, 0.3) is 0 Å². The van der Waals surface area contributed by atoms with Crippen LogP contribution in [0.15, 0.2) is 70.1 Å². The van der Waals surface area contributed by atoms with E-state index < -0.39 is 9.73 Å². The van der Waals surface area contributed by atoms with Crippen molar-refractivity contribution in [1.29, 1.82) is 5.26 Å². The second-order valence-electron chi connectivity index (χ2n) is 7.54. The van der Waals surface area contributed by atoms with Crippen molar-refractivity contribution < 1.29 is 13.7 Å². The molecule has 0 aliphatic carbocycles. The van der Waals surface area contributed by atoms with Crippen molar-refractivity contribution in [1.82, 2.24) is 4.98 Å². The number of morpholine rings is 1. The number of methoxy groups -OCH3 is 1. The standard InChI is InChI=1S/C24H25N5O3S/c1-31-21-4-3-5-22(14-21)33(2,30)28-23-15-24(26-17-18(23)16-25)27-19-6-8-20(9-7-19)29-10-12-32-13-11-29/h3-9,14-15,17H,10-13H2,1-2H3,(H,26,27). The molecule has 4 rings (SSSR count). The molecule has 3 aromatic rings. The number of nitrogens with zero attached hydrogens (tertiary/aromatic N) is 4. The number of hydrogen-bond donors (Lipinski definition) is 1. The number of nitrogens with one attached hydrogen (secondary N) is 1. The number of hydrogen-bond acceptors (Lipinski definition) is 8. The summed E-state index contributed by atoms with van der Waals surface area (Å²) in [5.74, 6) is 1.10. The Bertz CT molecular complexity index is 1290. The molecule has 0 bridgehead atoms. The average Bonchev–Trinajstić information content (AvgIpc) is 2.85. The summed E-state index contributed by atoms with van der Waals surface area (Å²) >= 11 is 0. The topological polar surface area (TPSA) is 99.8 Å². The molecular formula is C24H25N5O3S. The number of pyridine rings is 1. The highest BCUT2D eigenvalue weighted by atomic mass is 32.2. The van der Waals surface area contributed by atoms with Crippen molar-refractivity contribution in [2.24, 2.45) is 4.36 Å². The number of anilines is 3. The molecule has 9 heteroatoms. The molecule has 1 aromatic heterocycles. The Hall–Kier alpha value is -3.61. The zero-order valence-electron chi connectivity index (χ0n) is 18.5. The SMILES string of the molecule is COc1cccc(S(C)(=O)=Nc2cc(Nc3ccc(N4CCOCC4)cc3)ncc2C#N)c1. The third-order valence-electron chi connectivity index (χ3n) is 5.27. The number of benzene rings is 2. The maximum absolute atomic E-state index is 13.4. The Morgan fingerprint density at radius 3 is 2.64 bits per heavy atom. The zero-order chi connectivity index (χ0) is 23.3. The molecule has 1 aliphatic heterocycles. The predicted octanol–water partition coefficient (Wildman–Crippen LogP) is 4.33. The van der Waals surface area contributed by atoms with Crippen LogP contribution in [0.3, 0.4) is 0 Å². The summed E-state index contributed by atoms with van der Waals surface area (Å²) in [4.78, 5) is 7.12. The second kappa shape index (κ2) is 9.90. The maximum atomic E-state index is 13.4. The van der Waals surface area contributed by atoms with Gasteiger partial charge in [0.2, 0.25) is 0 Å². The second-order valence-corrected chi connectivity index (χ2v) is 9.80. The predicted molar refractivity (Wildman–Crippen MR) is 129 cm³/mol. The Balaban J connectivity index is 1.60. The van der Waals surface area contributed by atoms with Crippen LogP contribution in [0.2, 0.25) is 0 Å². The van der Waals surface area contributed by atoms with Crippen LogP contribution in [0.1, 0.15) is 5.56 Å². The Morgan fingerprint density at radius 2 is 1.94 bits per heavy atom. The van der Waals surface area contributed by atoms with Crippen molar-refractivity contribution in [2.75, 3.05) is 49.9 Å². The molecule has 2 aromatic carbocycles. The highest BCUT2D eigenvalue weighted by Gasteiger charge is 2.13. The van der Waals surface area contributed by atoms with E-state index in [1.807, 2.05) is 24.3 Å². The zero-order valence-corrected chi connectivity index (χ0v) is 19.3. The van der Waals surface area contributed by atoms with E-state index in [0.29, 0.717) is 22.2 Å². The lowest BCUT2D eigenvalue weighted by molar-refractivity contribution is 0.122. The summed E-state index contributed by atoms with van der Waals surface area (Å²) in [5.41, 5.74) is 2.55. The van der Waals surface area contributed by atoms with Crippen LogP contribution in [-0.4, -0.2) is 48.9 Å². The molecule has 1 aliphatic rings. The summed E-state index contributed by atoms with van der Waals surface area (Å²) in [5, 5.41) is 12.7. The van der Waals surface area contributed by atoms with Gasteiger partial charge in [0.15, 0.2) is 0 Å². The number of ether oxygens (including phenoxy) is 2. The van der Waals surface area contributed by atoms with Gasteiger partial charge in [-0.3, -0.25) is 0 Å². The van der Waals surface area contributed by atoms with Crippen LogP contribution in [-0.2, 0) is 14.5 Å². The molecule has 170 valence electrons. The molecule has 1 fully saturated rings. The molecule has 33 heavy (non-hydrogen) atoms. The van der Waals surface area contributed by atoms with E-state index in [2.05, 4.69) is 25.6 Å². The highest BCUT2D eigenvalue weighted by molar-refractivity contribution is 7.93. The van der Waals surface area contributed by atoms with E-state index in [9.17, 15) is 9.47 Å². The van der Waals surface area contributed by atoms with Gasteiger partial charge in [-0.25, -0.2) is 9.19 Å². The lowest BCUT2D eigenvalue weighted by Crippen LogP contribution is -2.36.